The molecule has 2 unspecified atom stereocenters. The van der Waals surface area contributed by atoms with E-state index in [2.05, 4.69) is 22.5 Å². The minimum absolute atomic E-state index is 0.00876. The normalized spacial score (nSPS) is 22.6. The van der Waals surface area contributed by atoms with E-state index in [0.29, 0.717) is 17.2 Å². The molecule has 1 aromatic rings. The maximum absolute atomic E-state index is 12.4. The van der Waals surface area contributed by atoms with Gasteiger partial charge in [0, 0.05) is 17.3 Å². The molecule has 0 aromatic carbocycles. The monoisotopic (exact) mass is 277 g/mol. The number of Topliss-reactive ketones (excluding diaryl/α,β-unsaturated/α-hetero) is 1. The SMILES string of the molecule is CC(=O)c1c(C)[nH]c(C(=O)NC2CCNCC2C)c1C. The summed E-state index contributed by atoms with van der Waals surface area (Å²) < 4.78 is 0. The van der Waals surface area contributed by atoms with Gasteiger partial charge in [-0.15, -0.1) is 0 Å². The molecular formula is C15H23N3O2. The lowest BCUT2D eigenvalue weighted by Crippen LogP contribution is -2.48. The molecule has 2 rings (SSSR count). The second kappa shape index (κ2) is 5.79. The summed E-state index contributed by atoms with van der Waals surface area (Å²) in [5, 5.41) is 6.40. The van der Waals surface area contributed by atoms with Crippen LogP contribution < -0.4 is 10.6 Å². The standard InChI is InChI=1S/C15H23N3O2/c1-8-7-16-6-5-12(8)18-15(20)14-9(2)13(11(4)19)10(3)17-14/h8,12,16-17H,5-7H2,1-4H3,(H,18,20). The molecule has 2 atom stereocenters. The van der Waals surface area contributed by atoms with Crippen molar-refractivity contribution in [2.45, 2.75) is 40.2 Å². The largest absolute Gasteiger partial charge is 0.354 e. The van der Waals surface area contributed by atoms with Crippen molar-refractivity contribution < 1.29 is 9.59 Å². The third kappa shape index (κ3) is 2.77. The van der Waals surface area contributed by atoms with Gasteiger partial charge >= 0.3 is 0 Å². The molecule has 0 bridgehead atoms. The van der Waals surface area contributed by atoms with E-state index < -0.39 is 0 Å². The molecule has 20 heavy (non-hydrogen) atoms. The van der Waals surface area contributed by atoms with Gasteiger partial charge in [-0.3, -0.25) is 9.59 Å². The molecule has 0 radical (unpaired) electrons. The minimum Gasteiger partial charge on any atom is -0.354 e. The predicted octanol–water partition coefficient (Wildman–Crippen LogP) is 1.56. The number of piperidine rings is 1. The molecule has 1 amide bonds. The van der Waals surface area contributed by atoms with Crippen LogP contribution in [0.1, 0.15) is 52.4 Å². The van der Waals surface area contributed by atoms with Crippen LogP contribution in [0.15, 0.2) is 0 Å². The maximum Gasteiger partial charge on any atom is 0.268 e. The van der Waals surface area contributed by atoms with Crippen molar-refractivity contribution in [2.75, 3.05) is 13.1 Å². The van der Waals surface area contributed by atoms with Gasteiger partial charge in [0.15, 0.2) is 5.78 Å². The number of nitrogens with one attached hydrogen (secondary N) is 3. The Kier molecular flexibility index (Phi) is 4.28. The Balaban J connectivity index is 2.17. The Morgan fingerprint density at radius 3 is 2.55 bits per heavy atom. The van der Waals surface area contributed by atoms with Crippen molar-refractivity contribution in [3.63, 3.8) is 0 Å². The van der Waals surface area contributed by atoms with Gasteiger partial charge in [0.25, 0.3) is 5.91 Å². The summed E-state index contributed by atoms with van der Waals surface area (Å²) in [6.07, 6.45) is 0.936. The van der Waals surface area contributed by atoms with Gasteiger partial charge in [-0.05, 0) is 51.8 Å². The van der Waals surface area contributed by atoms with Gasteiger partial charge in [-0.25, -0.2) is 0 Å². The van der Waals surface area contributed by atoms with E-state index in [1.54, 1.807) is 0 Å². The Hall–Kier alpha value is -1.62. The molecule has 3 N–H and O–H groups in total. The van der Waals surface area contributed by atoms with Gasteiger partial charge < -0.3 is 15.6 Å². The third-order valence-electron chi connectivity index (χ3n) is 4.12. The van der Waals surface area contributed by atoms with Crippen LogP contribution in [0.25, 0.3) is 0 Å². The summed E-state index contributed by atoms with van der Waals surface area (Å²) in [5.74, 6) is 0.290. The van der Waals surface area contributed by atoms with Gasteiger partial charge in [0.1, 0.15) is 5.69 Å². The van der Waals surface area contributed by atoms with Crippen LogP contribution in [0.2, 0.25) is 0 Å². The summed E-state index contributed by atoms with van der Waals surface area (Å²) in [7, 11) is 0. The summed E-state index contributed by atoms with van der Waals surface area (Å²) in [6.45, 7) is 9.16. The summed E-state index contributed by atoms with van der Waals surface area (Å²) in [4.78, 5) is 27.0. The molecule has 1 aliphatic heterocycles. The fourth-order valence-electron chi connectivity index (χ4n) is 2.97. The van der Waals surface area contributed by atoms with Crippen LogP contribution in [0.3, 0.4) is 0 Å². The number of amides is 1. The molecule has 1 aromatic heterocycles. The van der Waals surface area contributed by atoms with Gasteiger partial charge in [-0.2, -0.15) is 0 Å². The van der Waals surface area contributed by atoms with Crippen molar-refractivity contribution in [1.29, 1.82) is 0 Å². The third-order valence-corrected chi connectivity index (χ3v) is 4.12. The highest BCUT2D eigenvalue weighted by atomic mass is 16.2. The van der Waals surface area contributed by atoms with Crippen molar-refractivity contribution >= 4 is 11.7 Å². The van der Waals surface area contributed by atoms with E-state index in [1.807, 2.05) is 13.8 Å². The number of ketones is 1. The average molecular weight is 277 g/mol. The summed E-state index contributed by atoms with van der Waals surface area (Å²) in [5.41, 5.74) is 2.65. The number of aromatic amines is 1. The van der Waals surface area contributed by atoms with Crippen LogP contribution in [-0.2, 0) is 0 Å². The molecule has 0 spiro atoms. The van der Waals surface area contributed by atoms with Gasteiger partial charge in [0.05, 0.1) is 0 Å². The highest BCUT2D eigenvalue weighted by Gasteiger charge is 2.25. The number of rotatable bonds is 3. The molecule has 1 fully saturated rings. The van der Waals surface area contributed by atoms with Crippen molar-refractivity contribution in [2.24, 2.45) is 5.92 Å². The highest BCUT2D eigenvalue weighted by Crippen LogP contribution is 2.19. The number of hydrogen-bond donors (Lipinski definition) is 3. The number of aromatic nitrogens is 1. The predicted molar refractivity (Wildman–Crippen MR) is 78.2 cm³/mol. The van der Waals surface area contributed by atoms with Gasteiger partial charge in [-0.1, -0.05) is 6.92 Å². The lowest BCUT2D eigenvalue weighted by atomic mass is 9.95. The fraction of sp³-hybridized carbons (Fsp3) is 0.600. The van der Waals surface area contributed by atoms with E-state index in [1.165, 1.54) is 6.92 Å². The van der Waals surface area contributed by atoms with E-state index >= 15 is 0 Å². The van der Waals surface area contributed by atoms with Crippen molar-refractivity contribution in [3.05, 3.63) is 22.5 Å². The van der Waals surface area contributed by atoms with E-state index in [-0.39, 0.29) is 17.7 Å². The topological polar surface area (TPSA) is 74.0 Å². The molecular weight excluding hydrogens is 254 g/mol. The molecule has 0 saturated carbocycles. The average Bonchev–Trinajstić information content (AvgIpc) is 2.67. The maximum atomic E-state index is 12.4. The van der Waals surface area contributed by atoms with Gasteiger partial charge in [0.2, 0.25) is 0 Å². The van der Waals surface area contributed by atoms with Crippen molar-refractivity contribution in [3.8, 4) is 0 Å². The Labute approximate surface area is 119 Å². The highest BCUT2D eigenvalue weighted by molar-refractivity contribution is 6.02. The molecule has 110 valence electrons. The zero-order chi connectivity index (χ0) is 14.9. The zero-order valence-corrected chi connectivity index (χ0v) is 12.6. The Morgan fingerprint density at radius 1 is 1.30 bits per heavy atom. The van der Waals surface area contributed by atoms with Crippen LogP contribution in [0.5, 0.6) is 0 Å². The first-order valence-corrected chi connectivity index (χ1v) is 7.13. The number of carbonyl (C=O) groups is 2. The van der Waals surface area contributed by atoms with E-state index in [0.717, 1.165) is 30.8 Å². The zero-order valence-electron chi connectivity index (χ0n) is 12.6. The van der Waals surface area contributed by atoms with Crippen molar-refractivity contribution in [1.82, 2.24) is 15.6 Å². The molecule has 5 nitrogen and oxygen atoms in total. The first-order valence-electron chi connectivity index (χ1n) is 7.13. The number of H-pyrrole nitrogens is 1. The molecule has 0 aliphatic carbocycles. The van der Waals surface area contributed by atoms with Crippen LogP contribution in [0.4, 0.5) is 0 Å². The van der Waals surface area contributed by atoms with Crippen LogP contribution in [-0.4, -0.2) is 35.8 Å². The fourth-order valence-corrected chi connectivity index (χ4v) is 2.97. The Morgan fingerprint density at radius 2 is 2.00 bits per heavy atom. The summed E-state index contributed by atoms with van der Waals surface area (Å²) >= 11 is 0. The number of aryl methyl sites for hydroxylation is 1. The smallest absolute Gasteiger partial charge is 0.268 e. The first kappa shape index (κ1) is 14.8. The van der Waals surface area contributed by atoms with Crippen LogP contribution >= 0.6 is 0 Å². The lowest BCUT2D eigenvalue weighted by molar-refractivity contribution is 0.0909. The molecule has 5 heteroatoms. The molecule has 1 aliphatic rings. The quantitative estimate of drug-likeness (QED) is 0.734. The number of carbonyl (C=O) groups excluding carboxylic acids is 2. The second-order valence-electron chi connectivity index (χ2n) is 5.73. The number of hydrogen-bond acceptors (Lipinski definition) is 3. The molecule has 1 saturated heterocycles. The van der Waals surface area contributed by atoms with E-state index in [4.69, 9.17) is 0 Å². The molecule has 2 heterocycles. The Bertz CT molecular complexity index is 533. The second-order valence-corrected chi connectivity index (χ2v) is 5.73. The first-order chi connectivity index (χ1) is 9.41. The summed E-state index contributed by atoms with van der Waals surface area (Å²) in [6, 6.07) is 0.188. The minimum atomic E-state index is -0.114. The van der Waals surface area contributed by atoms with Crippen LogP contribution in [0, 0.1) is 19.8 Å². The lowest BCUT2D eigenvalue weighted by Gasteiger charge is -2.30. The van der Waals surface area contributed by atoms with E-state index in [9.17, 15) is 9.59 Å².